The van der Waals surface area contributed by atoms with Gasteiger partial charge in [0.15, 0.2) is 11.6 Å². The van der Waals surface area contributed by atoms with Crippen molar-refractivity contribution >= 4 is 22.4 Å². The highest BCUT2D eigenvalue weighted by Crippen LogP contribution is 2.35. The maximum absolute atomic E-state index is 14.2. The van der Waals surface area contributed by atoms with Crippen molar-refractivity contribution < 1.29 is 23.6 Å². The van der Waals surface area contributed by atoms with E-state index in [4.69, 9.17) is 9.47 Å². The molecule has 0 aromatic heterocycles. The molecule has 0 aliphatic rings. The Bertz CT molecular complexity index is 1050. The molecule has 0 atom stereocenters. The molecule has 138 valence electrons. The lowest BCUT2D eigenvalue weighted by atomic mass is 10.0. The molecule has 3 aromatic carbocycles. The summed E-state index contributed by atoms with van der Waals surface area (Å²) in [6, 6.07) is 11.5. The van der Waals surface area contributed by atoms with Gasteiger partial charge in [0.2, 0.25) is 0 Å². The van der Waals surface area contributed by atoms with Crippen LogP contribution in [-0.2, 0) is 0 Å². The molecule has 0 heterocycles. The molecular weight excluding hydrogens is 355 g/mol. The van der Waals surface area contributed by atoms with Gasteiger partial charge in [-0.3, -0.25) is 14.9 Å². The molecule has 0 aliphatic heterocycles. The molecule has 0 fully saturated rings. The number of nitro benzene ring substituents is 1. The van der Waals surface area contributed by atoms with Crippen LogP contribution in [0.3, 0.4) is 0 Å². The number of amides is 1. The van der Waals surface area contributed by atoms with Crippen LogP contribution < -0.4 is 14.8 Å². The number of nitrogens with one attached hydrogen (secondary N) is 1. The van der Waals surface area contributed by atoms with E-state index < -0.39 is 10.7 Å². The van der Waals surface area contributed by atoms with Gasteiger partial charge in [-0.15, -0.1) is 0 Å². The number of rotatable bonds is 5. The van der Waals surface area contributed by atoms with Crippen molar-refractivity contribution in [2.24, 2.45) is 0 Å². The molecule has 3 rings (SSSR count). The lowest BCUT2D eigenvalue weighted by molar-refractivity contribution is -0.385. The topological polar surface area (TPSA) is 90.7 Å². The van der Waals surface area contributed by atoms with Crippen molar-refractivity contribution in [3.63, 3.8) is 0 Å². The van der Waals surface area contributed by atoms with E-state index in [0.717, 1.165) is 17.5 Å². The first-order valence-electron chi connectivity index (χ1n) is 7.89. The summed E-state index contributed by atoms with van der Waals surface area (Å²) in [5.41, 5.74) is -0.0721. The Morgan fingerprint density at radius 1 is 1.11 bits per heavy atom. The van der Waals surface area contributed by atoms with Crippen LogP contribution in [0.1, 0.15) is 10.4 Å². The molecule has 3 aromatic rings. The van der Waals surface area contributed by atoms with Crippen molar-refractivity contribution in [3.05, 3.63) is 70.0 Å². The van der Waals surface area contributed by atoms with Crippen LogP contribution in [0.25, 0.3) is 10.8 Å². The predicted molar refractivity (Wildman–Crippen MR) is 97.0 cm³/mol. The highest BCUT2D eigenvalue weighted by Gasteiger charge is 2.16. The van der Waals surface area contributed by atoms with Gasteiger partial charge in [0.05, 0.1) is 23.7 Å². The zero-order valence-corrected chi connectivity index (χ0v) is 14.5. The maximum atomic E-state index is 14.2. The molecule has 0 unspecified atom stereocenters. The molecule has 27 heavy (non-hydrogen) atoms. The summed E-state index contributed by atoms with van der Waals surface area (Å²) in [5.74, 6) is -0.676. The fourth-order valence-electron chi connectivity index (χ4n) is 2.65. The van der Waals surface area contributed by atoms with Crippen molar-refractivity contribution in [2.45, 2.75) is 0 Å². The first kappa shape index (κ1) is 18.1. The number of nitrogens with zero attached hydrogens (tertiary/aromatic N) is 1. The van der Waals surface area contributed by atoms with Crippen molar-refractivity contribution in [1.82, 2.24) is 5.32 Å². The molecule has 0 radical (unpaired) electrons. The van der Waals surface area contributed by atoms with E-state index >= 15 is 0 Å². The molecule has 0 spiro atoms. The summed E-state index contributed by atoms with van der Waals surface area (Å²) in [7, 11) is 2.96. The first-order chi connectivity index (χ1) is 12.9. The zero-order chi connectivity index (χ0) is 19.6. The number of halogens is 1. The Hall–Kier alpha value is -3.68. The fraction of sp³-hybridized carbons (Fsp3) is 0.105. The molecule has 7 nitrogen and oxygen atoms in total. The molecule has 1 amide bonds. The van der Waals surface area contributed by atoms with Gasteiger partial charge in [-0.2, -0.15) is 0 Å². The average molecular weight is 370 g/mol. The Morgan fingerprint density at radius 3 is 2.52 bits per heavy atom. The zero-order valence-electron chi connectivity index (χ0n) is 14.5. The number of benzene rings is 3. The minimum Gasteiger partial charge on any atom is -0.496 e. The smallest absolute Gasteiger partial charge is 0.272 e. The van der Waals surface area contributed by atoms with Gasteiger partial charge in [0.1, 0.15) is 11.5 Å². The average Bonchev–Trinajstić information content (AvgIpc) is 2.67. The Balaban J connectivity index is 2.09. The molecule has 1 N–H and O–H groups in total. The van der Waals surface area contributed by atoms with Gasteiger partial charge in [0.25, 0.3) is 11.6 Å². The minimum atomic E-state index is -0.860. The van der Waals surface area contributed by atoms with E-state index in [2.05, 4.69) is 5.32 Å². The number of carbonyl (C=O) groups excluding carboxylic acids is 1. The van der Waals surface area contributed by atoms with Gasteiger partial charge in [-0.1, -0.05) is 12.1 Å². The largest absolute Gasteiger partial charge is 0.496 e. The Kier molecular flexibility index (Phi) is 4.89. The normalized spacial score (nSPS) is 10.5. The third kappa shape index (κ3) is 3.50. The number of methoxy groups -OCH3 is 1. The standard InChI is InChI=1S/C19H15FN2O5/c1-21-19(23)14-10-13-11(8-18(14)26-2)4-3-5-16(13)27-17-7-6-12(22(24)25)9-15(17)20/h3-10H,1-2H3,(H,21,23). The predicted octanol–water partition coefficient (Wildman–Crippen LogP) is 4.05. The molecular formula is C19H15FN2O5. The SMILES string of the molecule is CNC(=O)c1cc2c(Oc3ccc([N+](=O)[O-])cc3F)cccc2cc1OC. The molecule has 0 bridgehead atoms. The highest BCUT2D eigenvalue weighted by molar-refractivity contribution is 6.03. The van der Waals surface area contributed by atoms with Crippen LogP contribution >= 0.6 is 0 Å². The van der Waals surface area contributed by atoms with Crippen LogP contribution in [0.2, 0.25) is 0 Å². The van der Waals surface area contributed by atoms with Crippen LogP contribution in [0.15, 0.2) is 48.5 Å². The lowest BCUT2D eigenvalue weighted by Crippen LogP contribution is -2.18. The summed E-state index contributed by atoms with van der Waals surface area (Å²) in [4.78, 5) is 22.2. The van der Waals surface area contributed by atoms with Gasteiger partial charge in [-0.25, -0.2) is 4.39 Å². The van der Waals surface area contributed by atoms with Crippen LogP contribution in [0.5, 0.6) is 17.2 Å². The summed E-state index contributed by atoms with van der Waals surface area (Å²) in [5, 5.41) is 14.6. The summed E-state index contributed by atoms with van der Waals surface area (Å²) in [6.45, 7) is 0. The maximum Gasteiger partial charge on any atom is 0.272 e. The Labute approximate surface area is 153 Å². The second-order valence-electron chi connectivity index (χ2n) is 5.58. The van der Waals surface area contributed by atoms with Crippen LogP contribution in [-0.4, -0.2) is 25.0 Å². The third-order valence-electron chi connectivity index (χ3n) is 3.98. The number of non-ortho nitro benzene ring substituents is 1. The van der Waals surface area contributed by atoms with E-state index in [0.29, 0.717) is 22.4 Å². The van der Waals surface area contributed by atoms with Gasteiger partial charge in [-0.05, 0) is 29.7 Å². The Morgan fingerprint density at radius 2 is 1.89 bits per heavy atom. The fourth-order valence-corrected chi connectivity index (χ4v) is 2.65. The number of fused-ring (bicyclic) bond motifs is 1. The lowest BCUT2D eigenvalue weighted by Gasteiger charge is -2.13. The van der Waals surface area contributed by atoms with Gasteiger partial charge < -0.3 is 14.8 Å². The van der Waals surface area contributed by atoms with E-state index in [1.165, 1.54) is 20.2 Å². The van der Waals surface area contributed by atoms with Crippen molar-refractivity contribution in [2.75, 3.05) is 14.2 Å². The number of nitro groups is 1. The van der Waals surface area contributed by atoms with Crippen LogP contribution in [0, 0.1) is 15.9 Å². The van der Waals surface area contributed by atoms with E-state index in [9.17, 15) is 19.3 Å². The molecule has 0 saturated carbocycles. The number of carbonyl (C=O) groups is 1. The first-order valence-corrected chi connectivity index (χ1v) is 7.89. The molecule has 0 aliphatic carbocycles. The summed E-state index contributed by atoms with van der Waals surface area (Å²) in [6.07, 6.45) is 0. The van der Waals surface area contributed by atoms with E-state index in [-0.39, 0.29) is 17.3 Å². The second-order valence-corrected chi connectivity index (χ2v) is 5.58. The van der Waals surface area contributed by atoms with Crippen LogP contribution in [0.4, 0.5) is 10.1 Å². The van der Waals surface area contributed by atoms with E-state index in [1.54, 1.807) is 30.3 Å². The summed E-state index contributed by atoms with van der Waals surface area (Å²) < 4.78 is 25.1. The third-order valence-corrected chi connectivity index (χ3v) is 3.98. The highest BCUT2D eigenvalue weighted by atomic mass is 19.1. The monoisotopic (exact) mass is 370 g/mol. The number of hydrogen-bond donors (Lipinski definition) is 1. The molecule has 8 heteroatoms. The number of hydrogen-bond acceptors (Lipinski definition) is 5. The van der Waals surface area contributed by atoms with E-state index in [1.807, 2.05) is 0 Å². The van der Waals surface area contributed by atoms with Gasteiger partial charge >= 0.3 is 0 Å². The summed E-state index contributed by atoms with van der Waals surface area (Å²) >= 11 is 0. The second kappa shape index (κ2) is 7.28. The van der Waals surface area contributed by atoms with Crippen molar-refractivity contribution in [1.29, 1.82) is 0 Å². The number of ether oxygens (including phenoxy) is 2. The van der Waals surface area contributed by atoms with Gasteiger partial charge in [0, 0.05) is 18.5 Å². The molecule has 0 saturated heterocycles. The minimum absolute atomic E-state index is 0.162. The van der Waals surface area contributed by atoms with Crippen molar-refractivity contribution in [3.8, 4) is 17.2 Å². The quantitative estimate of drug-likeness (QED) is 0.540.